The molecular weight excluding hydrogens is 255 g/mol. The molecule has 0 aliphatic heterocycles. The minimum atomic E-state index is -0.160. The van der Waals surface area contributed by atoms with Crippen molar-refractivity contribution in [2.45, 2.75) is 27.3 Å². The number of ether oxygens (including phenoxy) is 1. The van der Waals surface area contributed by atoms with Crippen molar-refractivity contribution in [3.63, 3.8) is 0 Å². The molecule has 1 aromatic carbocycles. The summed E-state index contributed by atoms with van der Waals surface area (Å²) in [5, 5.41) is 3.33. The molecule has 114 valence electrons. The van der Waals surface area contributed by atoms with Gasteiger partial charge in [0.05, 0.1) is 12.3 Å². The molecule has 0 aliphatic rings. The zero-order chi connectivity index (χ0) is 15.0. The number of hydrogen-bond donors (Lipinski definition) is 1. The molecule has 0 unspecified atom stereocenters. The highest BCUT2D eigenvalue weighted by atomic mass is 19.1. The Kier molecular flexibility index (Phi) is 7.55. The fourth-order valence-electron chi connectivity index (χ4n) is 2.07. The van der Waals surface area contributed by atoms with Gasteiger partial charge in [-0.05, 0) is 37.1 Å². The molecule has 0 bridgehead atoms. The first-order valence-corrected chi connectivity index (χ1v) is 7.31. The van der Waals surface area contributed by atoms with E-state index in [0.29, 0.717) is 31.3 Å². The number of nitrogens with one attached hydrogen (secondary N) is 1. The Balaban J connectivity index is 2.66. The number of anilines is 1. The van der Waals surface area contributed by atoms with Crippen LogP contribution in [0.15, 0.2) is 18.2 Å². The van der Waals surface area contributed by atoms with Gasteiger partial charge >= 0.3 is 0 Å². The van der Waals surface area contributed by atoms with Crippen molar-refractivity contribution >= 4 is 5.69 Å². The second-order valence-corrected chi connectivity index (χ2v) is 5.38. The number of hydrogen-bond acceptors (Lipinski definition) is 3. The van der Waals surface area contributed by atoms with Crippen molar-refractivity contribution in [1.29, 1.82) is 0 Å². The Bertz CT molecular complexity index is 396. The molecule has 0 spiro atoms. The lowest BCUT2D eigenvalue weighted by molar-refractivity contribution is 0.205. The highest BCUT2D eigenvalue weighted by Gasteiger charge is 2.10. The molecule has 1 aromatic rings. The van der Waals surface area contributed by atoms with Crippen LogP contribution in [0.2, 0.25) is 0 Å². The smallest absolute Gasteiger partial charge is 0.146 e. The largest absolute Gasteiger partial charge is 0.383 e. The monoisotopic (exact) mass is 282 g/mol. The van der Waals surface area contributed by atoms with Crippen molar-refractivity contribution in [2.75, 3.05) is 38.3 Å². The lowest BCUT2D eigenvalue weighted by atomic mass is 10.1. The number of likely N-dealkylation sites (N-methyl/N-ethyl adjacent to an activating group) is 1. The third-order valence-corrected chi connectivity index (χ3v) is 3.18. The molecule has 3 nitrogen and oxygen atoms in total. The van der Waals surface area contributed by atoms with Crippen LogP contribution in [0.3, 0.4) is 0 Å². The Morgan fingerprint density at radius 2 is 2.10 bits per heavy atom. The van der Waals surface area contributed by atoms with E-state index in [1.54, 1.807) is 13.2 Å². The van der Waals surface area contributed by atoms with E-state index < -0.39 is 0 Å². The summed E-state index contributed by atoms with van der Waals surface area (Å²) in [6, 6.07) is 5.47. The van der Waals surface area contributed by atoms with Gasteiger partial charge in [0.15, 0.2) is 0 Å². The normalized spacial score (nSPS) is 11.1. The van der Waals surface area contributed by atoms with Crippen molar-refractivity contribution in [3.8, 4) is 0 Å². The summed E-state index contributed by atoms with van der Waals surface area (Å²) in [6.07, 6.45) is 0. The molecular formula is C16H27FN2O. The summed E-state index contributed by atoms with van der Waals surface area (Å²) in [5.41, 5.74) is 1.63. The van der Waals surface area contributed by atoms with Crippen LogP contribution in [-0.2, 0) is 11.3 Å². The number of nitrogens with zero attached hydrogens (tertiary/aromatic N) is 1. The number of methoxy groups -OCH3 is 1. The maximum atomic E-state index is 14.2. The minimum Gasteiger partial charge on any atom is -0.383 e. The number of halogens is 1. The van der Waals surface area contributed by atoms with Crippen molar-refractivity contribution < 1.29 is 9.13 Å². The van der Waals surface area contributed by atoms with Crippen LogP contribution < -0.4 is 10.2 Å². The van der Waals surface area contributed by atoms with Gasteiger partial charge in [-0.15, -0.1) is 0 Å². The summed E-state index contributed by atoms with van der Waals surface area (Å²) < 4.78 is 19.3. The van der Waals surface area contributed by atoms with E-state index in [2.05, 4.69) is 19.2 Å². The van der Waals surface area contributed by atoms with Crippen molar-refractivity contribution in [1.82, 2.24) is 5.32 Å². The summed E-state index contributed by atoms with van der Waals surface area (Å²) in [4.78, 5) is 1.99. The van der Waals surface area contributed by atoms with Gasteiger partial charge in [0, 0.05) is 26.7 Å². The predicted molar refractivity (Wildman–Crippen MR) is 82.7 cm³/mol. The van der Waals surface area contributed by atoms with Crippen LogP contribution in [-0.4, -0.2) is 33.4 Å². The maximum Gasteiger partial charge on any atom is 0.146 e. The molecule has 0 fully saturated rings. The fourth-order valence-corrected chi connectivity index (χ4v) is 2.07. The first-order chi connectivity index (χ1) is 9.58. The third-order valence-electron chi connectivity index (χ3n) is 3.18. The molecule has 4 heteroatoms. The second-order valence-electron chi connectivity index (χ2n) is 5.38. The molecule has 20 heavy (non-hydrogen) atoms. The Morgan fingerprint density at radius 3 is 2.65 bits per heavy atom. The zero-order valence-corrected chi connectivity index (χ0v) is 13.1. The Hall–Kier alpha value is -1.13. The highest BCUT2D eigenvalue weighted by molar-refractivity contribution is 5.49. The molecule has 0 atom stereocenters. The lowest BCUT2D eigenvalue weighted by Gasteiger charge is -2.23. The van der Waals surface area contributed by atoms with Gasteiger partial charge in [-0.1, -0.05) is 19.9 Å². The molecule has 0 amide bonds. The number of benzene rings is 1. The quantitative estimate of drug-likeness (QED) is 0.753. The van der Waals surface area contributed by atoms with Crippen LogP contribution in [0.4, 0.5) is 10.1 Å². The van der Waals surface area contributed by atoms with Gasteiger partial charge in [0.1, 0.15) is 5.82 Å². The van der Waals surface area contributed by atoms with E-state index in [-0.39, 0.29) is 5.82 Å². The van der Waals surface area contributed by atoms with E-state index in [4.69, 9.17) is 4.74 Å². The van der Waals surface area contributed by atoms with E-state index in [1.165, 1.54) is 0 Å². The van der Waals surface area contributed by atoms with E-state index in [0.717, 1.165) is 18.7 Å². The van der Waals surface area contributed by atoms with Gasteiger partial charge in [-0.2, -0.15) is 0 Å². The average molecular weight is 282 g/mol. The first kappa shape index (κ1) is 16.9. The molecule has 1 rings (SSSR count). The van der Waals surface area contributed by atoms with Gasteiger partial charge in [-0.25, -0.2) is 4.39 Å². The number of rotatable bonds is 9. The van der Waals surface area contributed by atoms with Crippen LogP contribution in [0.1, 0.15) is 26.3 Å². The molecule has 0 radical (unpaired) electrons. The summed E-state index contributed by atoms with van der Waals surface area (Å²) in [5.74, 6) is 0.440. The summed E-state index contributed by atoms with van der Waals surface area (Å²) in [6.45, 7) is 10.1. The third kappa shape index (κ3) is 5.47. The Labute approximate surface area is 122 Å². The SMILES string of the molecule is CCN(CCOC)c1ccc(CNCC(C)C)cc1F. The molecule has 1 N–H and O–H groups in total. The minimum absolute atomic E-state index is 0.160. The molecule has 0 heterocycles. The molecule has 0 aromatic heterocycles. The second kappa shape index (κ2) is 8.93. The van der Waals surface area contributed by atoms with E-state index >= 15 is 0 Å². The van der Waals surface area contributed by atoms with Gasteiger partial charge in [-0.3, -0.25) is 0 Å². The fraction of sp³-hybridized carbons (Fsp3) is 0.625. The van der Waals surface area contributed by atoms with Gasteiger partial charge in [0.2, 0.25) is 0 Å². The lowest BCUT2D eigenvalue weighted by Crippen LogP contribution is -2.27. The van der Waals surface area contributed by atoms with E-state index in [1.807, 2.05) is 24.0 Å². The molecule has 0 saturated heterocycles. The van der Waals surface area contributed by atoms with Gasteiger partial charge in [0.25, 0.3) is 0 Å². The van der Waals surface area contributed by atoms with Crippen LogP contribution in [0.5, 0.6) is 0 Å². The summed E-state index contributed by atoms with van der Waals surface area (Å²) >= 11 is 0. The van der Waals surface area contributed by atoms with Crippen LogP contribution >= 0.6 is 0 Å². The molecule has 0 saturated carbocycles. The first-order valence-electron chi connectivity index (χ1n) is 7.31. The van der Waals surface area contributed by atoms with Crippen molar-refractivity contribution in [3.05, 3.63) is 29.6 Å². The topological polar surface area (TPSA) is 24.5 Å². The maximum absolute atomic E-state index is 14.2. The highest BCUT2D eigenvalue weighted by Crippen LogP contribution is 2.20. The van der Waals surface area contributed by atoms with E-state index in [9.17, 15) is 4.39 Å². The zero-order valence-electron chi connectivity index (χ0n) is 13.1. The average Bonchev–Trinajstić information content (AvgIpc) is 2.41. The van der Waals surface area contributed by atoms with Gasteiger partial charge < -0.3 is 15.0 Å². The Morgan fingerprint density at radius 1 is 1.35 bits per heavy atom. The summed E-state index contributed by atoms with van der Waals surface area (Å²) in [7, 11) is 1.66. The van der Waals surface area contributed by atoms with Crippen LogP contribution in [0, 0.1) is 11.7 Å². The standard InChI is InChI=1S/C16H27FN2O/c1-5-19(8-9-20-4)16-7-6-14(10-15(16)17)12-18-11-13(2)3/h6-7,10,13,18H,5,8-9,11-12H2,1-4H3. The van der Waals surface area contributed by atoms with Crippen molar-refractivity contribution in [2.24, 2.45) is 5.92 Å². The van der Waals surface area contributed by atoms with Crippen LogP contribution in [0.25, 0.3) is 0 Å². The predicted octanol–water partition coefficient (Wildman–Crippen LogP) is 3.04. The molecule has 0 aliphatic carbocycles.